The fraction of sp³-hybridized carbons (Fsp3) is 0.389. The highest BCUT2D eigenvalue weighted by molar-refractivity contribution is 5.75. The van der Waals surface area contributed by atoms with Crippen LogP contribution in [0.3, 0.4) is 0 Å². The van der Waals surface area contributed by atoms with Crippen LogP contribution < -0.4 is 5.69 Å². The molecule has 1 saturated heterocycles. The highest BCUT2D eigenvalue weighted by atomic mass is 16.1. The number of piperidine rings is 1. The molecular formula is C18H21N5O. The van der Waals surface area contributed by atoms with Gasteiger partial charge in [-0.2, -0.15) is 0 Å². The van der Waals surface area contributed by atoms with Gasteiger partial charge in [0.05, 0.1) is 17.1 Å². The Morgan fingerprint density at radius 3 is 2.58 bits per heavy atom. The Bertz CT molecular complexity index is 877. The number of hydrogen-bond acceptors (Lipinski definition) is 4. The summed E-state index contributed by atoms with van der Waals surface area (Å²) in [6.07, 6.45) is 5.49. The highest BCUT2D eigenvalue weighted by Gasteiger charge is 2.27. The van der Waals surface area contributed by atoms with E-state index in [2.05, 4.69) is 26.8 Å². The predicted octanol–water partition coefficient (Wildman–Crippen LogP) is 2.52. The summed E-state index contributed by atoms with van der Waals surface area (Å²) in [4.78, 5) is 26.4. The van der Waals surface area contributed by atoms with Crippen LogP contribution in [0.25, 0.3) is 11.0 Å². The molecule has 0 saturated carbocycles. The average Bonchev–Trinajstić information content (AvgIpc) is 2.98. The van der Waals surface area contributed by atoms with Gasteiger partial charge in [-0.25, -0.2) is 14.8 Å². The van der Waals surface area contributed by atoms with E-state index in [9.17, 15) is 4.79 Å². The molecule has 1 aliphatic rings. The molecule has 0 radical (unpaired) electrons. The molecule has 0 amide bonds. The van der Waals surface area contributed by atoms with E-state index in [0.29, 0.717) is 0 Å². The molecule has 0 spiro atoms. The third-order valence-corrected chi connectivity index (χ3v) is 5.00. The molecule has 0 bridgehead atoms. The summed E-state index contributed by atoms with van der Waals surface area (Å²) in [6, 6.07) is 10.2. The topological polar surface area (TPSA) is 66.8 Å². The Labute approximate surface area is 140 Å². The van der Waals surface area contributed by atoms with Gasteiger partial charge in [0.25, 0.3) is 0 Å². The van der Waals surface area contributed by atoms with Gasteiger partial charge in [0.2, 0.25) is 0 Å². The van der Waals surface area contributed by atoms with Gasteiger partial charge in [0, 0.05) is 31.5 Å². The quantitative estimate of drug-likeness (QED) is 0.804. The van der Waals surface area contributed by atoms with Crippen LogP contribution in [0.5, 0.6) is 0 Å². The number of fused-ring (bicyclic) bond motifs is 1. The molecule has 1 atom stereocenters. The number of imidazole rings is 1. The number of benzene rings is 1. The van der Waals surface area contributed by atoms with Gasteiger partial charge >= 0.3 is 5.69 Å². The number of hydrogen-bond donors (Lipinski definition) is 1. The van der Waals surface area contributed by atoms with Gasteiger partial charge < -0.3 is 4.98 Å². The van der Waals surface area contributed by atoms with Crippen LogP contribution in [0.2, 0.25) is 0 Å². The maximum absolute atomic E-state index is 12.3. The van der Waals surface area contributed by atoms with Gasteiger partial charge in [0.15, 0.2) is 0 Å². The van der Waals surface area contributed by atoms with Crippen molar-refractivity contribution in [3.8, 4) is 0 Å². The van der Waals surface area contributed by atoms with Crippen LogP contribution in [0.4, 0.5) is 0 Å². The van der Waals surface area contributed by atoms with E-state index >= 15 is 0 Å². The molecule has 6 nitrogen and oxygen atoms in total. The van der Waals surface area contributed by atoms with Crippen molar-refractivity contribution < 1.29 is 0 Å². The standard InChI is InChI=1S/C18H21N5O/c1-13(17-19-9-4-10-20-17)22-11-7-14(8-12-22)23-16-6-3-2-5-15(16)21-18(23)24/h2-6,9-10,13-14H,7-8,11-12H2,1H3,(H,21,24). The molecule has 4 rings (SSSR count). The van der Waals surface area contributed by atoms with Crippen molar-refractivity contribution in [2.24, 2.45) is 0 Å². The summed E-state index contributed by atoms with van der Waals surface area (Å²) < 4.78 is 1.93. The first-order valence-corrected chi connectivity index (χ1v) is 8.44. The second-order valence-electron chi connectivity index (χ2n) is 6.37. The van der Waals surface area contributed by atoms with Gasteiger partial charge in [-0.1, -0.05) is 12.1 Å². The number of para-hydroxylation sites is 2. The maximum Gasteiger partial charge on any atom is 0.326 e. The number of nitrogens with zero attached hydrogens (tertiary/aromatic N) is 4. The molecule has 6 heteroatoms. The normalized spacial score (nSPS) is 18.0. The molecule has 24 heavy (non-hydrogen) atoms. The number of aromatic amines is 1. The van der Waals surface area contributed by atoms with E-state index in [0.717, 1.165) is 42.8 Å². The Morgan fingerprint density at radius 2 is 1.83 bits per heavy atom. The zero-order valence-electron chi connectivity index (χ0n) is 13.7. The first-order chi connectivity index (χ1) is 11.7. The first kappa shape index (κ1) is 15.1. The van der Waals surface area contributed by atoms with Gasteiger partial charge in [0.1, 0.15) is 5.82 Å². The minimum Gasteiger partial charge on any atom is -0.306 e. The molecule has 0 aliphatic carbocycles. The zero-order valence-corrected chi connectivity index (χ0v) is 13.7. The zero-order chi connectivity index (χ0) is 16.5. The van der Waals surface area contributed by atoms with E-state index < -0.39 is 0 Å². The van der Waals surface area contributed by atoms with Crippen molar-refractivity contribution in [2.75, 3.05) is 13.1 Å². The summed E-state index contributed by atoms with van der Waals surface area (Å²) in [7, 11) is 0. The van der Waals surface area contributed by atoms with Crippen LogP contribution in [-0.2, 0) is 0 Å². The van der Waals surface area contributed by atoms with E-state index in [1.54, 1.807) is 12.4 Å². The Morgan fingerprint density at radius 1 is 1.12 bits per heavy atom. The number of likely N-dealkylation sites (tertiary alicyclic amines) is 1. The van der Waals surface area contributed by atoms with E-state index in [1.165, 1.54) is 0 Å². The molecule has 1 fully saturated rings. The number of rotatable bonds is 3. The Hall–Kier alpha value is -2.47. The molecule has 3 aromatic rings. The van der Waals surface area contributed by atoms with E-state index in [-0.39, 0.29) is 17.8 Å². The minimum absolute atomic E-state index is 0.00547. The van der Waals surface area contributed by atoms with Crippen molar-refractivity contribution in [3.05, 3.63) is 59.0 Å². The lowest BCUT2D eigenvalue weighted by atomic mass is 10.0. The Kier molecular flexibility index (Phi) is 3.90. The maximum atomic E-state index is 12.3. The molecule has 1 N–H and O–H groups in total. The van der Waals surface area contributed by atoms with Crippen molar-refractivity contribution in [1.29, 1.82) is 0 Å². The third-order valence-electron chi connectivity index (χ3n) is 5.00. The summed E-state index contributed by atoms with van der Waals surface area (Å²) in [5.41, 5.74) is 1.91. The van der Waals surface area contributed by atoms with Gasteiger partial charge in [-0.05, 0) is 38.0 Å². The average molecular weight is 323 g/mol. The summed E-state index contributed by atoms with van der Waals surface area (Å²) in [5, 5.41) is 0. The van der Waals surface area contributed by atoms with Crippen LogP contribution in [0, 0.1) is 0 Å². The van der Waals surface area contributed by atoms with E-state index in [4.69, 9.17) is 0 Å². The van der Waals surface area contributed by atoms with E-state index in [1.807, 2.05) is 34.9 Å². The molecule has 1 aliphatic heterocycles. The minimum atomic E-state index is -0.00547. The van der Waals surface area contributed by atoms with Gasteiger partial charge in [-0.15, -0.1) is 0 Å². The summed E-state index contributed by atoms with van der Waals surface area (Å²) in [5.74, 6) is 0.861. The fourth-order valence-electron chi connectivity index (χ4n) is 3.66. The molecule has 2 aromatic heterocycles. The second kappa shape index (κ2) is 6.20. The van der Waals surface area contributed by atoms with Crippen molar-refractivity contribution >= 4 is 11.0 Å². The van der Waals surface area contributed by atoms with Gasteiger partial charge in [-0.3, -0.25) is 9.47 Å². The van der Waals surface area contributed by atoms with Crippen LogP contribution in [-0.4, -0.2) is 37.5 Å². The summed E-state index contributed by atoms with van der Waals surface area (Å²) >= 11 is 0. The van der Waals surface area contributed by atoms with Crippen LogP contribution >= 0.6 is 0 Å². The first-order valence-electron chi connectivity index (χ1n) is 8.44. The van der Waals surface area contributed by atoms with Crippen molar-refractivity contribution in [2.45, 2.75) is 31.8 Å². The molecule has 1 unspecified atom stereocenters. The summed E-state index contributed by atoms with van der Waals surface area (Å²) in [6.45, 7) is 4.03. The Balaban J connectivity index is 1.52. The number of H-pyrrole nitrogens is 1. The smallest absolute Gasteiger partial charge is 0.306 e. The number of nitrogens with one attached hydrogen (secondary N) is 1. The highest BCUT2D eigenvalue weighted by Crippen LogP contribution is 2.28. The molecule has 124 valence electrons. The largest absolute Gasteiger partial charge is 0.326 e. The molecule has 1 aromatic carbocycles. The van der Waals surface area contributed by atoms with Crippen molar-refractivity contribution in [1.82, 2.24) is 24.4 Å². The number of aromatic nitrogens is 4. The lowest BCUT2D eigenvalue weighted by molar-refractivity contribution is 0.139. The fourth-order valence-corrected chi connectivity index (χ4v) is 3.66. The monoisotopic (exact) mass is 323 g/mol. The predicted molar refractivity (Wildman–Crippen MR) is 92.8 cm³/mol. The van der Waals surface area contributed by atoms with Crippen LogP contribution in [0.15, 0.2) is 47.5 Å². The lowest BCUT2D eigenvalue weighted by Crippen LogP contribution is -2.38. The van der Waals surface area contributed by atoms with Crippen molar-refractivity contribution in [3.63, 3.8) is 0 Å². The second-order valence-corrected chi connectivity index (χ2v) is 6.37. The molecule has 3 heterocycles. The third kappa shape index (κ3) is 2.63. The van der Waals surface area contributed by atoms with Crippen LogP contribution in [0.1, 0.15) is 37.7 Å². The molecular weight excluding hydrogens is 302 g/mol. The lowest BCUT2D eigenvalue weighted by Gasteiger charge is -2.35. The SMILES string of the molecule is CC(c1ncccn1)N1CCC(n2c(=O)[nH]c3ccccc32)CC1.